The lowest BCUT2D eigenvalue weighted by atomic mass is 10.1. The van der Waals surface area contributed by atoms with Gasteiger partial charge in [0.15, 0.2) is 6.10 Å². The highest BCUT2D eigenvalue weighted by Crippen LogP contribution is 2.11. The second kappa shape index (κ2) is 51.9. The Morgan fingerprint density at radius 2 is 0.600 bits per heavy atom. The highest BCUT2D eigenvalue weighted by Gasteiger charge is 2.19. The van der Waals surface area contributed by atoms with Gasteiger partial charge in [-0.15, -0.1) is 0 Å². The van der Waals surface area contributed by atoms with Crippen LogP contribution < -0.4 is 0 Å². The third-order valence-electron chi connectivity index (χ3n) is 9.85. The summed E-state index contributed by atoms with van der Waals surface area (Å²) < 4.78 is 16.6. The molecule has 1 unspecified atom stereocenters. The topological polar surface area (TPSA) is 78.9 Å². The van der Waals surface area contributed by atoms with Gasteiger partial charge in [-0.05, 0) is 116 Å². The monoisotopic (exact) mass is 895 g/mol. The minimum Gasteiger partial charge on any atom is -0.462 e. The van der Waals surface area contributed by atoms with E-state index in [-0.39, 0.29) is 31.6 Å². The van der Waals surface area contributed by atoms with Crippen molar-refractivity contribution in [3.8, 4) is 0 Å². The van der Waals surface area contributed by atoms with Crippen molar-refractivity contribution < 1.29 is 28.6 Å². The summed E-state index contributed by atoms with van der Waals surface area (Å²) in [6.45, 7) is 6.14. The predicted molar refractivity (Wildman–Crippen MR) is 279 cm³/mol. The lowest BCUT2D eigenvalue weighted by Crippen LogP contribution is -2.30. The molecule has 362 valence electrons. The van der Waals surface area contributed by atoms with Gasteiger partial charge in [0.2, 0.25) is 0 Å². The molecule has 1 atom stereocenters. The molecule has 0 fully saturated rings. The molecule has 65 heavy (non-hydrogen) atoms. The van der Waals surface area contributed by atoms with E-state index in [1.807, 2.05) is 6.08 Å². The van der Waals surface area contributed by atoms with Crippen molar-refractivity contribution in [2.45, 2.75) is 194 Å². The van der Waals surface area contributed by atoms with Crippen molar-refractivity contribution >= 4 is 17.9 Å². The molecule has 0 aliphatic rings. The quantitative estimate of drug-likeness (QED) is 0.0263. The molecule has 0 saturated carbocycles. The van der Waals surface area contributed by atoms with Crippen molar-refractivity contribution in [3.63, 3.8) is 0 Å². The van der Waals surface area contributed by atoms with E-state index in [1.54, 1.807) is 6.08 Å². The summed E-state index contributed by atoms with van der Waals surface area (Å²) >= 11 is 0. The second-order valence-electron chi connectivity index (χ2n) is 15.9. The zero-order valence-electron chi connectivity index (χ0n) is 41.2. The molecule has 0 amide bonds. The molecule has 0 heterocycles. The summed E-state index contributed by atoms with van der Waals surface area (Å²) in [6, 6.07) is 0. The van der Waals surface area contributed by atoms with Crippen LogP contribution in [0.3, 0.4) is 0 Å². The van der Waals surface area contributed by atoms with Crippen LogP contribution in [0.25, 0.3) is 0 Å². The van der Waals surface area contributed by atoms with Crippen molar-refractivity contribution in [2.75, 3.05) is 13.2 Å². The number of carbonyl (C=O) groups excluding carboxylic acids is 3. The van der Waals surface area contributed by atoms with Crippen LogP contribution in [0.4, 0.5) is 0 Å². The molecule has 0 aromatic heterocycles. The first-order valence-electron chi connectivity index (χ1n) is 25.3. The van der Waals surface area contributed by atoms with E-state index < -0.39 is 12.1 Å². The Kier molecular flexibility index (Phi) is 48.2. The molecule has 0 N–H and O–H groups in total. The van der Waals surface area contributed by atoms with Gasteiger partial charge in [0.1, 0.15) is 13.2 Å². The van der Waals surface area contributed by atoms with Crippen LogP contribution in [0.2, 0.25) is 0 Å². The molecule has 0 radical (unpaired) electrons. The van der Waals surface area contributed by atoms with Crippen LogP contribution in [0.15, 0.2) is 146 Å². The maximum absolute atomic E-state index is 12.7. The maximum atomic E-state index is 12.7. The van der Waals surface area contributed by atoms with Gasteiger partial charge in [0, 0.05) is 12.8 Å². The van der Waals surface area contributed by atoms with E-state index >= 15 is 0 Å². The molecule has 0 spiro atoms. The average molecular weight is 895 g/mol. The number of ether oxygens (including phenoxy) is 3. The fraction of sp³-hybridized carbons (Fsp3) is 0.542. The molecular weight excluding hydrogens is 805 g/mol. The van der Waals surface area contributed by atoms with Crippen molar-refractivity contribution in [1.29, 1.82) is 0 Å². The number of unbranched alkanes of at least 4 members (excludes halogenated alkanes) is 9. The van der Waals surface area contributed by atoms with Crippen LogP contribution >= 0.6 is 0 Å². The van der Waals surface area contributed by atoms with Crippen LogP contribution in [-0.2, 0) is 28.6 Å². The van der Waals surface area contributed by atoms with Crippen LogP contribution in [-0.4, -0.2) is 37.2 Å². The molecule has 6 heteroatoms. The Morgan fingerprint density at radius 3 is 0.954 bits per heavy atom. The number of hydrogen-bond acceptors (Lipinski definition) is 6. The van der Waals surface area contributed by atoms with Crippen molar-refractivity contribution in [2.24, 2.45) is 0 Å². The van der Waals surface area contributed by atoms with Crippen LogP contribution in [0.5, 0.6) is 0 Å². The van der Waals surface area contributed by atoms with Gasteiger partial charge in [0.25, 0.3) is 0 Å². The lowest BCUT2D eigenvalue weighted by molar-refractivity contribution is -0.166. The Labute approximate surface area is 397 Å². The Hall–Kier alpha value is -4.71. The predicted octanol–water partition coefficient (Wildman–Crippen LogP) is 16.9. The summed E-state index contributed by atoms with van der Waals surface area (Å²) in [5.41, 5.74) is 0. The molecule has 0 aliphatic carbocycles. The minimum absolute atomic E-state index is 0.0798. The van der Waals surface area contributed by atoms with Gasteiger partial charge in [-0.1, -0.05) is 199 Å². The molecular formula is C59H90O6. The average Bonchev–Trinajstić information content (AvgIpc) is 3.30. The first-order chi connectivity index (χ1) is 32.0. The van der Waals surface area contributed by atoms with E-state index in [0.29, 0.717) is 19.3 Å². The van der Waals surface area contributed by atoms with Gasteiger partial charge in [-0.25, -0.2) is 0 Å². The minimum atomic E-state index is -0.856. The highest BCUT2D eigenvalue weighted by atomic mass is 16.6. The van der Waals surface area contributed by atoms with Gasteiger partial charge in [-0.3, -0.25) is 14.4 Å². The summed E-state index contributed by atoms with van der Waals surface area (Å²) in [5, 5.41) is 0. The molecule has 0 aromatic rings. The lowest BCUT2D eigenvalue weighted by Gasteiger charge is -2.18. The number of hydrogen-bond donors (Lipinski definition) is 0. The van der Waals surface area contributed by atoms with E-state index in [0.717, 1.165) is 128 Å². The largest absolute Gasteiger partial charge is 0.462 e. The van der Waals surface area contributed by atoms with E-state index in [1.165, 1.54) is 12.8 Å². The zero-order chi connectivity index (χ0) is 47.2. The fourth-order valence-electron chi connectivity index (χ4n) is 6.17. The van der Waals surface area contributed by atoms with Gasteiger partial charge in [0.05, 0.1) is 6.42 Å². The molecule has 0 saturated heterocycles. The second-order valence-corrected chi connectivity index (χ2v) is 15.9. The number of allylic oxidation sites excluding steroid dienone is 23. The Bertz CT molecular complexity index is 1490. The smallest absolute Gasteiger partial charge is 0.310 e. The number of carbonyl (C=O) groups is 3. The van der Waals surface area contributed by atoms with Crippen LogP contribution in [0.1, 0.15) is 188 Å². The highest BCUT2D eigenvalue weighted by molar-refractivity contribution is 5.72. The standard InChI is InChI=1S/C59H90O6/c1-4-7-10-13-16-19-22-25-27-28-29-30-32-34-37-40-43-46-49-52-58(61)64-55-56(54-63-57(60)51-48-45-42-39-36-33-24-21-18-15-12-9-6-3)65-59(62)53-50-47-44-41-38-35-31-26-23-20-17-14-11-8-5-2/h7-12,16-21,25-27,29-31,33,36,38,41,47,50,56H,4-6,13-15,22-24,28,32,34-35,37,39-40,42-46,48-49,51-55H2,1-3H3/b10-7-,11-8-,12-9-,19-16-,20-17-,21-18-,27-25-,30-29-,31-26-,36-33-,41-38-,50-47-. The first-order valence-corrected chi connectivity index (χ1v) is 25.3. The summed E-state index contributed by atoms with van der Waals surface area (Å²) in [6.07, 6.45) is 74.3. The first kappa shape index (κ1) is 60.3. The Morgan fingerprint density at radius 1 is 0.323 bits per heavy atom. The third-order valence-corrected chi connectivity index (χ3v) is 9.85. The van der Waals surface area contributed by atoms with Gasteiger partial charge in [-0.2, -0.15) is 0 Å². The van der Waals surface area contributed by atoms with Gasteiger partial charge < -0.3 is 14.2 Å². The number of rotatable bonds is 43. The van der Waals surface area contributed by atoms with E-state index in [4.69, 9.17) is 14.2 Å². The normalized spacial score (nSPS) is 13.3. The third kappa shape index (κ3) is 50.2. The van der Waals surface area contributed by atoms with Gasteiger partial charge >= 0.3 is 17.9 Å². The van der Waals surface area contributed by atoms with E-state index in [9.17, 15) is 14.4 Å². The molecule has 0 rings (SSSR count). The summed E-state index contributed by atoms with van der Waals surface area (Å²) in [4.78, 5) is 37.9. The SMILES string of the molecule is CC/C=C\C/C=C\C/C=C\C/C=C\C/C=C\CC(=O)OC(COC(=O)CCCCC/C=C\C/C=C\C/C=C\CC)COC(=O)CCCCCCCC/C=C\C/C=C\C/C=C\C/C=C\CC. The number of esters is 3. The Balaban J connectivity index is 4.58. The van der Waals surface area contributed by atoms with Crippen molar-refractivity contribution in [3.05, 3.63) is 146 Å². The van der Waals surface area contributed by atoms with E-state index in [2.05, 4.69) is 154 Å². The summed E-state index contributed by atoms with van der Waals surface area (Å²) in [5.74, 6) is -1.13. The summed E-state index contributed by atoms with van der Waals surface area (Å²) in [7, 11) is 0. The van der Waals surface area contributed by atoms with Crippen LogP contribution in [0, 0.1) is 0 Å². The molecule has 0 aromatic carbocycles. The maximum Gasteiger partial charge on any atom is 0.310 e. The fourth-order valence-corrected chi connectivity index (χ4v) is 6.17. The molecule has 0 aliphatic heterocycles. The molecule has 0 bridgehead atoms. The zero-order valence-corrected chi connectivity index (χ0v) is 41.2. The molecule has 6 nitrogen and oxygen atoms in total. The van der Waals surface area contributed by atoms with Crippen molar-refractivity contribution in [1.82, 2.24) is 0 Å².